The molecule has 2 heterocycles. The van der Waals surface area contributed by atoms with Gasteiger partial charge in [0.25, 0.3) is 0 Å². The van der Waals surface area contributed by atoms with Gasteiger partial charge in [0, 0.05) is 38.4 Å². The van der Waals surface area contributed by atoms with E-state index in [0.29, 0.717) is 12.6 Å². The van der Waals surface area contributed by atoms with Gasteiger partial charge in [-0.3, -0.25) is 0 Å². The molecule has 0 aromatic carbocycles. The van der Waals surface area contributed by atoms with E-state index < -0.39 is 0 Å². The van der Waals surface area contributed by atoms with Crippen molar-refractivity contribution < 1.29 is 0 Å². The first-order valence-corrected chi connectivity index (χ1v) is 5.81. The number of anilines is 1. The second-order valence-electron chi connectivity index (χ2n) is 4.50. The van der Waals surface area contributed by atoms with E-state index in [1.807, 2.05) is 12.3 Å². The van der Waals surface area contributed by atoms with Crippen molar-refractivity contribution in [1.29, 1.82) is 0 Å². The molecular formula is C12H20N4. The lowest BCUT2D eigenvalue weighted by atomic mass is 10.2. The zero-order chi connectivity index (χ0) is 11.5. The van der Waals surface area contributed by atoms with Gasteiger partial charge in [0.1, 0.15) is 5.82 Å². The van der Waals surface area contributed by atoms with Crippen LogP contribution in [0.15, 0.2) is 18.3 Å². The smallest absolute Gasteiger partial charge is 0.128 e. The predicted molar refractivity (Wildman–Crippen MR) is 66.4 cm³/mol. The van der Waals surface area contributed by atoms with Crippen molar-refractivity contribution in [1.82, 2.24) is 9.88 Å². The lowest BCUT2D eigenvalue weighted by Gasteiger charge is -2.38. The number of rotatable bonds is 2. The molecule has 1 aliphatic rings. The number of hydrogen-bond donors (Lipinski definition) is 1. The summed E-state index contributed by atoms with van der Waals surface area (Å²) in [7, 11) is 2.17. The van der Waals surface area contributed by atoms with Gasteiger partial charge in [0.15, 0.2) is 0 Å². The van der Waals surface area contributed by atoms with Crippen LogP contribution in [0, 0.1) is 0 Å². The highest BCUT2D eigenvalue weighted by Crippen LogP contribution is 2.16. The van der Waals surface area contributed by atoms with E-state index in [2.05, 4.69) is 34.8 Å². The average Bonchev–Trinajstić information content (AvgIpc) is 2.33. The molecule has 0 aliphatic carbocycles. The van der Waals surface area contributed by atoms with Gasteiger partial charge in [-0.05, 0) is 31.7 Å². The van der Waals surface area contributed by atoms with Gasteiger partial charge in [-0.15, -0.1) is 0 Å². The highest BCUT2D eigenvalue weighted by molar-refractivity contribution is 5.41. The van der Waals surface area contributed by atoms with Gasteiger partial charge in [0.05, 0.1) is 0 Å². The molecule has 1 aromatic rings. The quantitative estimate of drug-likeness (QED) is 0.796. The molecule has 2 N–H and O–H groups in total. The first-order chi connectivity index (χ1) is 7.70. The van der Waals surface area contributed by atoms with Crippen molar-refractivity contribution in [2.24, 2.45) is 5.73 Å². The molecule has 16 heavy (non-hydrogen) atoms. The second kappa shape index (κ2) is 4.80. The number of nitrogens with zero attached hydrogens (tertiary/aromatic N) is 3. The van der Waals surface area contributed by atoms with Gasteiger partial charge >= 0.3 is 0 Å². The molecule has 0 saturated carbocycles. The van der Waals surface area contributed by atoms with Crippen molar-refractivity contribution in [2.45, 2.75) is 19.5 Å². The monoisotopic (exact) mass is 220 g/mol. The lowest BCUT2D eigenvalue weighted by molar-refractivity contribution is 0.233. The van der Waals surface area contributed by atoms with Crippen molar-refractivity contribution in [3.63, 3.8) is 0 Å². The van der Waals surface area contributed by atoms with Gasteiger partial charge in [0.2, 0.25) is 0 Å². The zero-order valence-corrected chi connectivity index (χ0v) is 10.1. The van der Waals surface area contributed by atoms with Gasteiger partial charge in [-0.25, -0.2) is 4.98 Å². The Labute approximate surface area is 97.1 Å². The van der Waals surface area contributed by atoms with Crippen LogP contribution in [0.25, 0.3) is 0 Å². The van der Waals surface area contributed by atoms with E-state index in [1.54, 1.807) is 0 Å². The van der Waals surface area contributed by atoms with Crippen molar-refractivity contribution in [3.05, 3.63) is 23.9 Å². The maximum atomic E-state index is 5.64. The third kappa shape index (κ3) is 2.33. The van der Waals surface area contributed by atoms with Gasteiger partial charge in [-0.2, -0.15) is 0 Å². The molecule has 0 radical (unpaired) electrons. The minimum absolute atomic E-state index is 0.581. The minimum Gasteiger partial charge on any atom is -0.354 e. The van der Waals surface area contributed by atoms with E-state index in [4.69, 9.17) is 5.73 Å². The SMILES string of the molecule is CC1CN(c2cc(CN)ccn2)CCN1C. The molecule has 4 heteroatoms. The summed E-state index contributed by atoms with van der Waals surface area (Å²) >= 11 is 0. The third-order valence-electron chi connectivity index (χ3n) is 3.33. The Hall–Kier alpha value is -1.13. The fourth-order valence-corrected chi connectivity index (χ4v) is 2.02. The third-order valence-corrected chi connectivity index (χ3v) is 3.33. The number of hydrogen-bond acceptors (Lipinski definition) is 4. The molecule has 0 amide bonds. The summed E-state index contributed by atoms with van der Waals surface area (Å²) in [5.41, 5.74) is 6.79. The first-order valence-electron chi connectivity index (χ1n) is 5.81. The van der Waals surface area contributed by atoms with Crippen LogP contribution in [0.3, 0.4) is 0 Å². The normalized spacial score (nSPS) is 22.4. The van der Waals surface area contributed by atoms with E-state index in [-0.39, 0.29) is 0 Å². The zero-order valence-electron chi connectivity index (χ0n) is 10.1. The van der Waals surface area contributed by atoms with E-state index in [9.17, 15) is 0 Å². The van der Waals surface area contributed by atoms with Crippen LogP contribution in [0.1, 0.15) is 12.5 Å². The Morgan fingerprint density at radius 2 is 2.31 bits per heavy atom. The van der Waals surface area contributed by atoms with Gasteiger partial charge in [-0.1, -0.05) is 0 Å². The standard InChI is InChI=1S/C12H20N4/c1-10-9-16(6-5-15(10)2)12-7-11(8-13)3-4-14-12/h3-4,7,10H,5-6,8-9,13H2,1-2H3. The summed E-state index contributed by atoms with van der Waals surface area (Å²) < 4.78 is 0. The van der Waals surface area contributed by atoms with Crippen LogP contribution >= 0.6 is 0 Å². The minimum atomic E-state index is 0.581. The summed E-state index contributed by atoms with van der Waals surface area (Å²) in [4.78, 5) is 9.14. The molecule has 1 aromatic heterocycles. The second-order valence-corrected chi connectivity index (χ2v) is 4.50. The molecule has 0 bridgehead atoms. The molecule has 1 atom stereocenters. The predicted octanol–water partition coefficient (Wildman–Crippen LogP) is 0.681. The summed E-state index contributed by atoms with van der Waals surface area (Å²) in [6, 6.07) is 4.65. The van der Waals surface area contributed by atoms with Crippen LogP contribution in [0.4, 0.5) is 5.82 Å². The number of nitrogens with two attached hydrogens (primary N) is 1. The molecule has 0 spiro atoms. The van der Waals surface area contributed by atoms with Crippen LogP contribution in [-0.4, -0.2) is 42.6 Å². The largest absolute Gasteiger partial charge is 0.354 e. The Bertz CT molecular complexity index is 353. The van der Waals surface area contributed by atoms with Gasteiger partial charge < -0.3 is 15.5 Å². The van der Waals surface area contributed by atoms with E-state index >= 15 is 0 Å². The first kappa shape index (κ1) is 11.4. The Kier molecular flexibility index (Phi) is 3.41. The van der Waals surface area contributed by atoms with Crippen LogP contribution in [-0.2, 0) is 6.54 Å². The summed E-state index contributed by atoms with van der Waals surface area (Å²) in [6.45, 7) is 6.01. The molecule has 1 saturated heterocycles. The lowest BCUT2D eigenvalue weighted by Crippen LogP contribution is -2.50. The van der Waals surface area contributed by atoms with E-state index in [0.717, 1.165) is 31.0 Å². The maximum absolute atomic E-state index is 5.64. The Morgan fingerprint density at radius 1 is 1.50 bits per heavy atom. The number of piperazine rings is 1. The van der Waals surface area contributed by atoms with E-state index in [1.165, 1.54) is 0 Å². The fraction of sp³-hybridized carbons (Fsp3) is 0.583. The highest BCUT2D eigenvalue weighted by Gasteiger charge is 2.21. The Balaban J connectivity index is 2.12. The topological polar surface area (TPSA) is 45.4 Å². The van der Waals surface area contributed by atoms with Crippen LogP contribution in [0.2, 0.25) is 0 Å². The molecule has 4 nitrogen and oxygen atoms in total. The number of aromatic nitrogens is 1. The fourth-order valence-electron chi connectivity index (χ4n) is 2.02. The summed E-state index contributed by atoms with van der Waals surface area (Å²) in [5, 5.41) is 0. The molecular weight excluding hydrogens is 200 g/mol. The van der Waals surface area contributed by atoms with Crippen molar-refractivity contribution in [3.8, 4) is 0 Å². The van der Waals surface area contributed by atoms with Crippen molar-refractivity contribution in [2.75, 3.05) is 31.6 Å². The van der Waals surface area contributed by atoms with Crippen LogP contribution in [0.5, 0.6) is 0 Å². The van der Waals surface area contributed by atoms with Crippen LogP contribution < -0.4 is 10.6 Å². The average molecular weight is 220 g/mol. The Morgan fingerprint density at radius 3 is 3.00 bits per heavy atom. The molecule has 1 fully saturated rings. The maximum Gasteiger partial charge on any atom is 0.128 e. The number of pyridine rings is 1. The molecule has 2 rings (SSSR count). The highest BCUT2D eigenvalue weighted by atomic mass is 15.3. The molecule has 1 aliphatic heterocycles. The van der Waals surface area contributed by atoms with Crippen molar-refractivity contribution >= 4 is 5.82 Å². The summed E-state index contributed by atoms with van der Waals surface area (Å²) in [5.74, 6) is 1.06. The molecule has 1 unspecified atom stereocenters. The number of likely N-dealkylation sites (N-methyl/N-ethyl adjacent to an activating group) is 1. The molecule has 88 valence electrons. The summed E-state index contributed by atoms with van der Waals surface area (Å²) in [6.07, 6.45) is 1.85.